The highest BCUT2D eigenvalue weighted by molar-refractivity contribution is 5.97. The Balaban J connectivity index is 1.70. The molecule has 0 aliphatic carbocycles. The van der Waals surface area contributed by atoms with Crippen LogP contribution in [0.3, 0.4) is 0 Å². The maximum absolute atomic E-state index is 13.5. The molecular weight excluding hydrogens is 307 g/mol. The number of carbonyl (C=O) groups excluding carboxylic acids is 2. The van der Waals surface area contributed by atoms with Gasteiger partial charge in [0.25, 0.3) is 5.91 Å². The van der Waals surface area contributed by atoms with Crippen molar-refractivity contribution >= 4 is 17.5 Å². The second-order valence-electron chi connectivity index (χ2n) is 6.03. The van der Waals surface area contributed by atoms with E-state index >= 15 is 0 Å². The Hall–Kier alpha value is -2.69. The van der Waals surface area contributed by atoms with E-state index in [-0.39, 0.29) is 24.2 Å². The summed E-state index contributed by atoms with van der Waals surface area (Å²) in [5.41, 5.74) is 3.72. The molecule has 1 N–H and O–H groups in total. The van der Waals surface area contributed by atoms with Gasteiger partial charge in [-0.25, -0.2) is 4.39 Å². The number of nitrogens with zero attached hydrogens (tertiary/aromatic N) is 1. The molecule has 0 fully saturated rings. The van der Waals surface area contributed by atoms with E-state index in [0.29, 0.717) is 17.7 Å². The van der Waals surface area contributed by atoms with Crippen LogP contribution in [-0.2, 0) is 17.8 Å². The predicted molar refractivity (Wildman–Crippen MR) is 90.5 cm³/mol. The highest BCUT2D eigenvalue weighted by atomic mass is 19.1. The van der Waals surface area contributed by atoms with Crippen molar-refractivity contribution in [2.24, 2.45) is 0 Å². The molecule has 1 heterocycles. The van der Waals surface area contributed by atoms with Crippen molar-refractivity contribution < 1.29 is 14.0 Å². The van der Waals surface area contributed by atoms with Crippen LogP contribution in [0.1, 0.15) is 34.0 Å². The maximum Gasteiger partial charge on any atom is 0.251 e. The topological polar surface area (TPSA) is 49.4 Å². The number of hydrogen-bond acceptors (Lipinski definition) is 2. The lowest BCUT2D eigenvalue weighted by Crippen LogP contribution is -2.26. The van der Waals surface area contributed by atoms with Gasteiger partial charge in [0.15, 0.2) is 0 Å². The number of amides is 2. The number of carbonyl (C=O) groups is 2. The van der Waals surface area contributed by atoms with Crippen molar-refractivity contribution in [3.05, 3.63) is 64.5 Å². The van der Waals surface area contributed by atoms with E-state index < -0.39 is 0 Å². The highest BCUT2D eigenvalue weighted by Gasteiger charge is 2.23. The van der Waals surface area contributed by atoms with Crippen molar-refractivity contribution in [2.75, 3.05) is 11.4 Å². The first-order valence-electron chi connectivity index (χ1n) is 7.90. The third kappa shape index (κ3) is 3.15. The summed E-state index contributed by atoms with van der Waals surface area (Å²) in [4.78, 5) is 25.6. The normalized spacial score (nSPS) is 12.9. The van der Waals surface area contributed by atoms with Gasteiger partial charge in [0, 0.05) is 31.3 Å². The Morgan fingerprint density at radius 1 is 1.21 bits per heavy atom. The Bertz CT molecular complexity index is 817. The Kier molecular flexibility index (Phi) is 4.34. The highest BCUT2D eigenvalue weighted by Crippen LogP contribution is 2.28. The van der Waals surface area contributed by atoms with Crippen molar-refractivity contribution in [3.63, 3.8) is 0 Å². The van der Waals surface area contributed by atoms with Gasteiger partial charge in [-0.15, -0.1) is 0 Å². The van der Waals surface area contributed by atoms with Gasteiger partial charge in [-0.05, 0) is 54.3 Å². The molecule has 0 saturated carbocycles. The maximum atomic E-state index is 13.5. The molecule has 1 aliphatic rings. The first-order valence-corrected chi connectivity index (χ1v) is 7.90. The third-order valence-electron chi connectivity index (χ3n) is 4.31. The van der Waals surface area contributed by atoms with E-state index in [4.69, 9.17) is 0 Å². The molecule has 0 atom stereocenters. The van der Waals surface area contributed by atoms with Gasteiger partial charge >= 0.3 is 0 Å². The van der Waals surface area contributed by atoms with Crippen LogP contribution in [0, 0.1) is 12.7 Å². The first-order chi connectivity index (χ1) is 11.5. The van der Waals surface area contributed by atoms with Gasteiger partial charge in [-0.2, -0.15) is 0 Å². The van der Waals surface area contributed by atoms with E-state index in [9.17, 15) is 14.0 Å². The number of nitrogens with one attached hydrogen (secondary N) is 1. The summed E-state index contributed by atoms with van der Waals surface area (Å²) >= 11 is 0. The molecule has 2 aromatic rings. The molecule has 5 heteroatoms. The van der Waals surface area contributed by atoms with Crippen molar-refractivity contribution in [2.45, 2.75) is 26.8 Å². The average molecular weight is 326 g/mol. The fourth-order valence-corrected chi connectivity index (χ4v) is 2.90. The van der Waals surface area contributed by atoms with Gasteiger partial charge in [0.1, 0.15) is 5.82 Å². The van der Waals surface area contributed by atoms with Gasteiger partial charge in [-0.3, -0.25) is 9.59 Å². The fourth-order valence-electron chi connectivity index (χ4n) is 2.90. The fraction of sp³-hybridized carbons (Fsp3) is 0.263. The SMILES string of the molecule is CC(=O)N1CCc2cc(C(=O)NCc3ccc(C)c(F)c3)ccc21. The van der Waals surface area contributed by atoms with Crippen LogP contribution in [0.25, 0.3) is 0 Å². The molecular formula is C19H19FN2O2. The van der Waals surface area contributed by atoms with Crippen LogP contribution >= 0.6 is 0 Å². The molecule has 4 nitrogen and oxygen atoms in total. The Morgan fingerprint density at radius 2 is 2.00 bits per heavy atom. The molecule has 2 aromatic carbocycles. The van der Waals surface area contributed by atoms with E-state index in [1.165, 1.54) is 13.0 Å². The number of hydrogen-bond donors (Lipinski definition) is 1. The number of rotatable bonds is 3. The monoisotopic (exact) mass is 326 g/mol. The second kappa shape index (κ2) is 6.43. The van der Waals surface area contributed by atoms with Gasteiger partial charge < -0.3 is 10.2 Å². The molecule has 2 amide bonds. The molecule has 0 unspecified atom stereocenters. The van der Waals surface area contributed by atoms with Crippen molar-refractivity contribution in [1.29, 1.82) is 0 Å². The summed E-state index contributed by atoms with van der Waals surface area (Å²) in [6, 6.07) is 10.3. The first kappa shape index (κ1) is 16.2. The summed E-state index contributed by atoms with van der Waals surface area (Å²) in [6.45, 7) is 4.16. The lowest BCUT2D eigenvalue weighted by Gasteiger charge is -2.14. The minimum atomic E-state index is -0.274. The van der Waals surface area contributed by atoms with Crippen molar-refractivity contribution in [3.8, 4) is 0 Å². The van der Waals surface area contributed by atoms with Gasteiger partial charge in [-0.1, -0.05) is 12.1 Å². The van der Waals surface area contributed by atoms with Crippen LogP contribution < -0.4 is 10.2 Å². The predicted octanol–water partition coefficient (Wildman–Crippen LogP) is 2.97. The third-order valence-corrected chi connectivity index (χ3v) is 4.31. The average Bonchev–Trinajstić information content (AvgIpc) is 2.99. The van der Waals surface area contributed by atoms with Gasteiger partial charge in [0.2, 0.25) is 5.91 Å². The largest absolute Gasteiger partial charge is 0.348 e. The molecule has 24 heavy (non-hydrogen) atoms. The minimum absolute atomic E-state index is 0.00680. The molecule has 3 rings (SSSR count). The van der Waals surface area contributed by atoms with E-state index in [2.05, 4.69) is 5.32 Å². The summed E-state index contributed by atoms with van der Waals surface area (Å²) in [5.74, 6) is -0.476. The summed E-state index contributed by atoms with van der Waals surface area (Å²) in [7, 11) is 0. The molecule has 0 radical (unpaired) electrons. The zero-order chi connectivity index (χ0) is 17.3. The van der Waals surface area contributed by atoms with Crippen LogP contribution in [0.15, 0.2) is 36.4 Å². The number of aryl methyl sites for hydroxylation is 1. The minimum Gasteiger partial charge on any atom is -0.348 e. The van der Waals surface area contributed by atoms with Crippen LogP contribution in [-0.4, -0.2) is 18.4 Å². The summed E-state index contributed by atoms with van der Waals surface area (Å²) in [6.07, 6.45) is 0.749. The van der Waals surface area contributed by atoms with Crippen LogP contribution in [0.2, 0.25) is 0 Å². The summed E-state index contributed by atoms with van der Waals surface area (Å²) < 4.78 is 13.5. The van der Waals surface area contributed by atoms with Gasteiger partial charge in [0.05, 0.1) is 0 Å². The summed E-state index contributed by atoms with van der Waals surface area (Å²) in [5, 5.41) is 2.80. The smallest absolute Gasteiger partial charge is 0.251 e. The quantitative estimate of drug-likeness (QED) is 0.943. The molecule has 124 valence electrons. The van der Waals surface area contributed by atoms with E-state index in [1.807, 2.05) is 12.1 Å². The molecule has 0 bridgehead atoms. The van der Waals surface area contributed by atoms with E-state index in [1.54, 1.807) is 30.0 Å². The Labute approximate surface area is 140 Å². The van der Waals surface area contributed by atoms with Crippen molar-refractivity contribution in [1.82, 2.24) is 5.32 Å². The standard InChI is InChI=1S/C19H19FN2O2/c1-12-3-4-14(9-17(12)20)11-21-19(24)16-5-6-18-15(10-16)7-8-22(18)13(2)23/h3-6,9-10H,7-8,11H2,1-2H3,(H,21,24). The molecule has 0 aromatic heterocycles. The number of halogens is 1. The molecule has 0 saturated heterocycles. The number of anilines is 1. The Morgan fingerprint density at radius 3 is 2.71 bits per heavy atom. The van der Waals surface area contributed by atoms with Crippen LogP contribution in [0.4, 0.5) is 10.1 Å². The zero-order valence-corrected chi connectivity index (χ0v) is 13.7. The molecule has 1 aliphatic heterocycles. The second-order valence-corrected chi connectivity index (χ2v) is 6.03. The zero-order valence-electron chi connectivity index (χ0n) is 13.7. The van der Waals surface area contributed by atoms with Crippen LogP contribution in [0.5, 0.6) is 0 Å². The molecule has 0 spiro atoms. The number of benzene rings is 2. The van der Waals surface area contributed by atoms with E-state index in [0.717, 1.165) is 23.2 Å². The lowest BCUT2D eigenvalue weighted by atomic mass is 10.1. The number of fused-ring (bicyclic) bond motifs is 1. The lowest BCUT2D eigenvalue weighted by molar-refractivity contribution is -0.116.